The first-order valence-electron chi connectivity index (χ1n) is 12.6. The molecule has 0 saturated carbocycles. The number of nitrogens with zero attached hydrogens (tertiary/aromatic N) is 1. The van der Waals surface area contributed by atoms with Gasteiger partial charge in [-0.05, 0) is 61.7 Å². The number of nitriles is 1. The topological polar surface area (TPSA) is 120 Å². The first kappa shape index (κ1) is 29.0. The van der Waals surface area contributed by atoms with E-state index >= 15 is 4.39 Å². The molecule has 3 heterocycles. The molecule has 2 aliphatic heterocycles. The number of amides is 2. The lowest BCUT2D eigenvalue weighted by Gasteiger charge is -2.37. The molecule has 41 heavy (non-hydrogen) atoms. The summed E-state index contributed by atoms with van der Waals surface area (Å²) in [5, 5.41) is 19.5. The van der Waals surface area contributed by atoms with Crippen molar-refractivity contribution in [3.05, 3.63) is 80.4 Å². The second kappa shape index (κ2) is 10.7. The first-order valence-corrected chi connectivity index (χ1v) is 14.2. The molecule has 0 bridgehead atoms. The zero-order valence-electron chi connectivity index (χ0n) is 22.2. The Morgan fingerprint density at radius 3 is 2.68 bits per heavy atom. The molecule has 1 aromatic heterocycles. The van der Waals surface area contributed by atoms with Gasteiger partial charge in [-0.1, -0.05) is 41.4 Å². The molecule has 0 radical (unpaired) electrons. The molecule has 1 saturated heterocycles. The molecule has 2 aromatic carbocycles. The number of benzene rings is 2. The van der Waals surface area contributed by atoms with E-state index in [0.717, 1.165) is 11.3 Å². The van der Waals surface area contributed by atoms with Crippen molar-refractivity contribution in [3.8, 4) is 6.07 Å². The molecule has 1 spiro atoms. The molecule has 12 heteroatoms. The maximum absolute atomic E-state index is 15.8. The largest absolute Gasteiger partial charge is 0.465 e. The number of esters is 1. The summed E-state index contributed by atoms with van der Waals surface area (Å²) in [5.74, 6) is -3.39. The van der Waals surface area contributed by atoms with Gasteiger partial charge in [0.05, 0.1) is 34.7 Å². The van der Waals surface area contributed by atoms with Crippen LogP contribution in [-0.4, -0.2) is 37.0 Å². The number of carbonyl (C=O) groups excluding carboxylic acids is 3. The van der Waals surface area contributed by atoms with Gasteiger partial charge in [-0.25, -0.2) is 9.18 Å². The standard InChI is InChI=1S/C29H25Cl2FN4O4S/c1-28(2,13-33)12-20-29(16-8-7-14(30)11-18(16)34-27(29)39)22(15-5-4-6-17(31)23(15)32)24(35-20)25(37)36-21-10-9-19(41-21)26(38)40-3/h4-11,20,22,24,35H,12H2,1-3H3,(H,34,39)(H,36,37)/t20-,22-,24+,29+/m0/s1. The summed E-state index contributed by atoms with van der Waals surface area (Å²) in [5.41, 5.74) is -1.37. The fourth-order valence-corrected chi connectivity index (χ4v) is 7.09. The molecule has 0 aliphatic carbocycles. The normalized spacial score (nSPS) is 23.1. The van der Waals surface area contributed by atoms with Crippen molar-refractivity contribution in [2.45, 2.75) is 43.7 Å². The number of ether oxygens (including phenoxy) is 1. The van der Waals surface area contributed by atoms with Crippen molar-refractivity contribution in [1.82, 2.24) is 5.32 Å². The zero-order valence-corrected chi connectivity index (χ0v) is 24.5. The molecule has 212 valence electrons. The van der Waals surface area contributed by atoms with Gasteiger partial charge < -0.3 is 20.7 Å². The monoisotopic (exact) mass is 614 g/mol. The summed E-state index contributed by atoms with van der Waals surface area (Å²) in [6.45, 7) is 3.47. The first-order chi connectivity index (χ1) is 19.4. The van der Waals surface area contributed by atoms with Crippen molar-refractivity contribution in [3.63, 3.8) is 0 Å². The van der Waals surface area contributed by atoms with E-state index in [1.807, 2.05) is 0 Å². The third-order valence-corrected chi connectivity index (χ3v) is 9.17. The van der Waals surface area contributed by atoms with E-state index in [1.165, 1.54) is 25.3 Å². The molecule has 2 amide bonds. The molecule has 0 unspecified atom stereocenters. The summed E-state index contributed by atoms with van der Waals surface area (Å²) in [7, 11) is 1.26. The van der Waals surface area contributed by atoms with Crippen LogP contribution in [0.3, 0.4) is 0 Å². The van der Waals surface area contributed by atoms with Gasteiger partial charge in [-0.3, -0.25) is 9.59 Å². The number of carbonyl (C=O) groups is 3. The lowest BCUT2D eigenvalue weighted by molar-refractivity contribution is -0.122. The van der Waals surface area contributed by atoms with Gasteiger partial charge in [0.1, 0.15) is 16.1 Å². The van der Waals surface area contributed by atoms with Gasteiger partial charge in [-0.2, -0.15) is 5.26 Å². The Morgan fingerprint density at radius 1 is 1.22 bits per heavy atom. The number of hydrogen-bond acceptors (Lipinski definition) is 7. The maximum Gasteiger partial charge on any atom is 0.348 e. The molecule has 5 rings (SSSR count). The molecule has 1 fully saturated rings. The Bertz CT molecular complexity index is 1620. The van der Waals surface area contributed by atoms with Gasteiger partial charge in [0, 0.05) is 22.7 Å². The van der Waals surface area contributed by atoms with Crippen molar-refractivity contribution in [1.29, 1.82) is 5.26 Å². The van der Waals surface area contributed by atoms with Crippen LogP contribution in [-0.2, 0) is 19.7 Å². The van der Waals surface area contributed by atoms with E-state index < -0.39 is 52.4 Å². The third-order valence-electron chi connectivity index (χ3n) is 7.66. The van der Waals surface area contributed by atoms with E-state index in [9.17, 15) is 19.6 Å². The number of fused-ring (bicyclic) bond motifs is 2. The van der Waals surface area contributed by atoms with Crippen molar-refractivity contribution in [2.75, 3.05) is 17.7 Å². The minimum absolute atomic E-state index is 0.0711. The summed E-state index contributed by atoms with van der Waals surface area (Å²) < 4.78 is 20.6. The van der Waals surface area contributed by atoms with E-state index in [-0.39, 0.29) is 21.9 Å². The van der Waals surface area contributed by atoms with Crippen LogP contribution < -0.4 is 16.0 Å². The molecule has 8 nitrogen and oxygen atoms in total. The number of hydrogen-bond donors (Lipinski definition) is 3. The van der Waals surface area contributed by atoms with Crippen LogP contribution in [0.4, 0.5) is 15.1 Å². The van der Waals surface area contributed by atoms with Gasteiger partial charge in [0.15, 0.2) is 0 Å². The summed E-state index contributed by atoms with van der Waals surface area (Å²) in [4.78, 5) is 40.4. The highest BCUT2D eigenvalue weighted by molar-refractivity contribution is 7.18. The summed E-state index contributed by atoms with van der Waals surface area (Å²) in [6, 6.07) is 12.8. The lowest BCUT2D eigenvalue weighted by atomic mass is 9.62. The SMILES string of the molecule is COC(=O)c1ccc(NC(=O)[C@@H]2N[C@@H](CC(C)(C)C#N)[C@@]3(C(=O)Nc4cc(Cl)ccc43)[C@H]2c2cccc(Cl)c2F)s1. The number of rotatable bonds is 6. The highest BCUT2D eigenvalue weighted by Crippen LogP contribution is 2.57. The Hall–Kier alpha value is -3.49. The van der Waals surface area contributed by atoms with E-state index in [4.69, 9.17) is 27.9 Å². The van der Waals surface area contributed by atoms with Crippen LogP contribution in [0.2, 0.25) is 10.0 Å². The predicted octanol–water partition coefficient (Wildman–Crippen LogP) is 5.87. The maximum atomic E-state index is 15.8. The van der Waals surface area contributed by atoms with E-state index in [2.05, 4.69) is 22.0 Å². The minimum atomic E-state index is -1.51. The number of halogens is 3. The molecule has 4 atom stereocenters. The smallest absolute Gasteiger partial charge is 0.348 e. The van der Waals surface area contributed by atoms with Crippen LogP contribution in [0.1, 0.15) is 47.0 Å². The Labute approximate surface area is 249 Å². The number of nitrogens with one attached hydrogen (secondary N) is 3. The molecular weight excluding hydrogens is 590 g/mol. The summed E-state index contributed by atoms with van der Waals surface area (Å²) in [6.07, 6.45) is 0.160. The van der Waals surface area contributed by atoms with Crippen LogP contribution in [0.5, 0.6) is 0 Å². The highest BCUT2D eigenvalue weighted by atomic mass is 35.5. The van der Waals surface area contributed by atoms with Crippen LogP contribution in [0.25, 0.3) is 0 Å². The Morgan fingerprint density at radius 2 is 1.98 bits per heavy atom. The zero-order chi connectivity index (χ0) is 29.7. The lowest BCUT2D eigenvalue weighted by Crippen LogP contribution is -2.50. The fourth-order valence-electron chi connectivity index (χ4n) is 5.91. The highest BCUT2D eigenvalue weighted by Gasteiger charge is 2.66. The van der Waals surface area contributed by atoms with Crippen molar-refractivity contribution >= 4 is 63.0 Å². The summed E-state index contributed by atoms with van der Waals surface area (Å²) >= 11 is 13.5. The van der Waals surface area contributed by atoms with Gasteiger partial charge in [0.2, 0.25) is 11.8 Å². The molecule has 3 aromatic rings. The molecule has 3 N–H and O–H groups in total. The second-order valence-electron chi connectivity index (χ2n) is 10.7. The van der Waals surface area contributed by atoms with Crippen molar-refractivity contribution in [2.24, 2.45) is 5.41 Å². The number of methoxy groups -OCH3 is 1. The fraction of sp³-hybridized carbons (Fsp3) is 0.310. The van der Waals surface area contributed by atoms with Crippen LogP contribution >= 0.6 is 34.5 Å². The van der Waals surface area contributed by atoms with Crippen LogP contribution in [0, 0.1) is 22.6 Å². The number of anilines is 2. The average Bonchev–Trinajstić information content (AvgIpc) is 3.60. The number of thiophene rings is 1. The quantitative estimate of drug-likeness (QED) is 0.298. The molecule has 2 aliphatic rings. The van der Waals surface area contributed by atoms with E-state index in [1.54, 1.807) is 44.2 Å². The molecular formula is C29H25Cl2FN4O4S. The minimum Gasteiger partial charge on any atom is -0.465 e. The van der Waals surface area contributed by atoms with Gasteiger partial charge in [-0.15, -0.1) is 11.3 Å². The van der Waals surface area contributed by atoms with E-state index in [0.29, 0.717) is 21.3 Å². The van der Waals surface area contributed by atoms with Crippen molar-refractivity contribution < 1.29 is 23.5 Å². The van der Waals surface area contributed by atoms with Gasteiger partial charge in [0.25, 0.3) is 0 Å². The second-order valence-corrected chi connectivity index (χ2v) is 12.6. The van der Waals surface area contributed by atoms with Crippen LogP contribution in [0.15, 0.2) is 48.5 Å². The average molecular weight is 616 g/mol. The predicted molar refractivity (Wildman–Crippen MR) is 155 cm³/mol. The van der Waals surface area contributed by atoms with Gasteiger partial charge >= 0.3 is 5.97 Å². The Kier molecular flexibility index (Phi) is 7.59. The third kappa shape index (κ3) is 4.87. The Balaban J connectivity index is 1.70.